The second kappa shape index (κ2) is 6.24. The summed E-state index contributed by atoms with van der Waals surface area (Å²) in [5.74, 6) is -1.04. The predicted molar refractivity (Wildman–Crippen MR) is 97.6 cm³/mol. The van der Waals surface area contributed by atoms with Crippen LogP contribution in [0.1, 0.15) is 49.5 Å². The Kier molecular flexibility index (Phi) is 4.55. The third kappa shape index (κ3) is 3.00. The molecule has 27 heavy (non-hydrogen) atoms. The lowest BCUT2D eigenvalue weighted by Gasteiger charge is -2.32. The number of carbonyl (C=O) groups is 3. The number of hydrogen-bond donors (Lipinski definition) is 2. The molecule has 1 aromatic rings. The van der Waals surface area contributed by atoms with E-state index in [-0.39, 0.29) is 28.9 Å². The van der Waals surface area contributed by atoms with Crippen LogP contribution in [-0.4, -0.2) is 35.8 Å². The maximum atomic E-state index is 12.0. The third-order valence-electron chi connectivity index (χ3n) is 6.66. The lowest BCUT2D eigenvalue weighted by molar-refractivity contribution is -0.128. The van der Waals surface area contributed by atoms with Gasteiger partial charge in [0, 0.05) is 11.0 Å². The van der Waals surface area contributed by atoms with Gasteiger partial charge in [0.2, 0.25) is 5.91 Å². The van der Waals surface area contributed by atoms with Crippen LogP contribution in [0.15, 0.2) is 24.3 Å². The molecule has 2 aliphatic carbocycles. The second-order valence-corrected chi connectivity index (χ2v) is 9.75. The van der Waals surface area contributed by atoms with Gasteiger partial charge < -0.3 is 0 Å². The van der Waals surface area contributed by atoms with E-state index in [2.05, 4.69) is 5.32 Å². The highest BCUT2D eigenvalue weighted by Crippen LogP contribution is 2.64. The van der Waals surface area contributed by atoms with Gasteiger partial charge in [0.1, 0.15) is 5.25 Å². The fourth-order valence-electron chi connectivity index (χ4n) is 4.65. The number of ketones is 1. The van der Waals surface area contributed by atoms with E-state index in [0.717, 1.165) is 12.0 Å². The maximum absolute atomic E-state index is 12.0. The molecule has 2 fully saturated rings. The van der Waals surface area contributed by atoms with Gasteiger partial charge in [0.25, 0.3) is 16.0 Å². The normalized spacial score (nSPS) is 31.0. The monoisotopic (exact) mass is 393 g/mol. The van der Waals surface area contributed by atoms with Gasteiger partial charge in [-0.15, -0.1) is 0 Å². The van der Waals surface area contributed by atoms with Crippen LogP contribution < -0.4 is 5.32 Å². The first kappa shape index (κ1) is 19.7. The molecule has 0 aromatic heterocycles. The Bertz CT molecular complexity index is 935. The molecule has 8 heteroatoms. The zero-order valence-electron chi connectivity index (χ0n) is 15.5. The van der Waals surface area contributed by atoms with Gasteiger partial charge in [-0.2, -0.15) is 8.42 Å². The minimum absolute atomic E-state index is 0.223. The van der Waals surface area contributed by atoms with Gasteiger partial charge in [-0.3, -0.25) is 24.3 Å². The Balaban J connectivity index is 0.000000159. The Morgan fingerprint density at radius 2 is 1.74 bits per heavy atom. The van der Waals surface area contributed by atoms with Gasteiger partial charge in [-0.25, -0.2) is 0 Å². The first-order valence-electron chi connectivity index (χ1n) is 8.82. The molecular weight excluding hydrogens is 370 g/mol. The van der Waals surface area contributed by atoms with Gasteiger partial charge in [0.15, 0.2) is 5.78 Å². The first-order chi connectivity index (χ1) is 12.4. The zero-order valence-corrected chi connectivity index (χ0v) is 16.3. The zero-order chi connectivity index (χ0) is 20.2. The van der Waals surface area contributed by atoms with Gasteiger partial charge >= 0.3 is 0 Å². The largest absolute Gasteiger partial charge is 0.297 e. The fraction of sp³-hybridized carbons (Fsp3) is 0.526. The van der Waals surface area contributed by atoms with Crippen molar-refractivity contribution in [3.63, 3.8) is 0 Å². The summed E-state index contributed by atoms with van der Waals surface area (Å²) in [6.45, 7) is 5.67. The van der Waals surface area contributed by atoms with Crippen LogP contribution in [0.2, 0.25) is 0 Å². The van der Waals surface area contributed by atoms with Crippen LogP contribution in [0.4, 0.5) is 0 Å². The summed E-state index contributed by atoms with van der Waals surface area (Å²) < 4.78 is 31.5. The Morgan fingerprint density at radius 1 is 1.11 bits per heavy atom. The van der Waals surface area contributed by atoms with Crippen LogP contribution >= 0.6 is 0 Å². The molecule has 2 amide bonds. The molecule has 3 aliphatic rings. The van der Waals surface area contributed by atoms with E-state index in [0.29, 0.717) is 18.4 Å². The summed E-state index contributed by atoms with van der Waals surface area (Å²) in [5, 5.41) is 1.07. The summed E-state index contributed by atoms with van der Waals surface area (Å²) >= 11 is 0. The lowest BCUT2D eigenvalue weighted by atomic mass is 9.70. The number of rotatable bonds is 1. The number of nitrogens with one attached hydrogen (secondary N) is 1. The van der Waals surface area contributed by atoms with E-state index >= 15 is 0 Å². The van der Waals surface area contributed by atoms with Crippen LogP contribution in [-0.2, 0) is 26.1 Å². The number of fused-ring (bicyclic) bond motifs is 3. The molecule has 0 radical (unpaired) electrons. The van der Waals surface area contributed by atoms with E-state index in [1.807, 2.05) is 26.8 Å². The van der Waals surface area contributed by atoms with Gasteiger partial charge in [0.05, 0.1) is 6.42 Å². The quantitative estimate of drug-likeness (QED) is 0.555. The van der Waals surface area contributed by atoms with E-state index in [9.17, 15) is 22.8 Å². The van der Waals surface area contributed by atoms with Crippen LogP contribution in [0.25, 0.3) is 0 Å². The lowest BCUT2D eigenvalue weighted by Crippen LogP contribution is -2.38. The molecule has 0 saturated heterocycles. The van der Waals surface area contributed by atoms with E-state index < -0.39 is 20.8 Å². The average molecular weight is 393 g/mol. The highest BCUT2D eigenvalue weighted by molar-refractivity contribution is 7.87. The number of benzene rings is 1. The SMILES string of the molecule is CC12CCC(C(S(=O)(=O)O)C1=O)C2(C)C.O=C1Cc2ccccc2C(=O)N1. The Hall–Kier alpha value is -2.06. The van der Waals surface area contributed by atoms with Crippen LogP contribution in [0.5, 0.6) is 0 Å². The molecule has 1 heterocycles. The van der Waals surface area contributed by atoms with Crippen LogP contribution in [0, 0.1) is 16.7 Å². The van der Waals surface area contributed by atoms with Crippen molar-refractivity contribution in [3.05, 3.63) is 35.4 Å². The predicted octanol–water partition coefficient (Wildman–Crippen LogP) is 1.77. The highest BCUT2D eigenvalue weighted by Gasteiger charge is 2.69. The van der Waals surface area contributed by atoms with E-state index in [1.165, 1.54) is 0 Å². The van der Waals surface area contributed by atoms with Crippen molar-refractivity contribution >= 4 is 27.7 Å². The molecule has 146 valence electrons. The summed E-state index contributed by atoms with van der Waals surface area (Å²) in [6, 6.07) is 7.13. The first-order valence-corrected chi connectivity index (χ1v) is 10.3. The summed E-state index contributed by atoms with van der Waals surface area (Å²) in [5.41, 5.74) is 0.506. The summed E-state index contributed by atoms with van der Waals surface area (Å²) in [4.78, 5) is 34.1. The molecule has 3 unspecified atom stereocenters. The number of Topliss-reactive ketones (excluding diaryl/α,β-unsaturated/α-hetero) is 1. The standard InChI is InChI=1S/C10H16O4S.C9H7NO2/c1-9(2)6-4-5-10(9,3)8(11)7(6)15(12,13)14;11-8-5-6-3-1-2-4-7(6)9(12)10-8/h6-7H,4-5H2,1-3H3,(H,12,13,14);1-4H,5H2,(H,10,11,12). The summed E-state index contributed by atoms with van der Waals surface area (Å²) in [6.07, 6.45) is 1.75. The molecule has 1 aliphatic heterocycles. The molecule has 4 rings (SSSR count). The number of hydrogen-bond acceptors (Lipinski definition) is 5. The van der Waals surface area contributed by atoms with Crippen molar-refractivity contribution in [3.8, 4) is 0 Å². The summed E-state index contributed by atoms with van der Waals surface area (Å²) in [7, 11) is -4.24. The van der Waals surface area contributed by atoms with Crippen molar-refractivity contribution in [2.24, 2.45) is 16.7 Å². The Labute approximate surface area is 158 Å². The third-order valence-corrected chi connectivity index (χ3v) is 7.84. The molecule has 7 nitrogen and oxygen atoms in total. The molecule has 2 N–H and O–H groups in total. The number of imide groups is 1. The fourth-order valence-corrected chi connectivity index (χ4v) is 6.08. The Morgan fingerprint density at radius 3 is 2.26 bits per heavy atom. The van der Waals surface area contributed by atoms with Crippen molar-refractivity contribution in [2.75, 3.05) is 0 Å². The van der Waals surface area contributed by atoms with E-state index in [4.69, 9.17) is 4.55 Å². The maximum Gasteiger partial charge on any atom is 0.275 e. The minimum Gasteiger partial charge on any atom is -0.297 e. The minimum atomic E-state index is -4.24. The van der Waals surface area contributed by atoms with Gasteiger partial charge in [-0.05, 0) is 35.8 Å². The number of amides is 2. The van der Waals surface area contributed by atoms with Crippen molar-refractivity contribution in [2.45, 2.75) is 45.3 Å². The smallest absolute Gasteiger partial charge is 0.275 e. The average Bonchev–Trinajstić information content (AvgIpc) is 2.86. The van der Waals surface area contributed by atoms with Crippen molar-refractivity contribution in [1.29, 1.82) is 0 Å². The van der Waals surface area contributed by atoms with E-state index in [1.54, 1.807) is 18.2 Å². The highest BCUT2D eigenvalue weighted by atomic mass is 32.2. The van der Waals surface area contributed by atoms with Crippen LogP contribution in [0.3, 0.4) is 0 Å². The second-order valence-electron chi connectivity index (χ2n) is 8.21. The molecule has 1 aromatic carbocycles. The van der Waals surface area contributed by atoms with Crippen molar-refractivity contribution < 1.29 is 27.4 Å². The molecule has 0 spiro atoms. The topological polar surface area (TPSA) is 118 Å². The molecule has 3 atom stereocenters. The molecular formula is C19H23NO6S. The molecule has 2 saturated carbocycles. The van der Waals surface area contributed by atoms with Crippen molar-refractivity contribution in [1.82, 2.24) is 5.32 Å². The van der Waals surface area contributed by atoms with Gasteiger partial charge in [-0.1, -0.05) is 39.0 Å². The number of carbonyl (C=O) groups excluding carboxylic acids is 3. The molecule has 2 bridgehead atoms.